The number of rotatable bonds is 7. The van der Waals surface area contributed by atoms with Crippen molar-refractivity contribution in [3.8, 4) is 5.69 Å². The largest absolute Gasteiger partial charge is 0.395 e. The molecule has 0 radical (unpaired) electrons. The predicted molar refractivity (Wildman–Crippen MR) is 117 cm³/mol. The summed E-state index contributed by atoms with van der Waals surface area (Å²) in [5.41, 5.74) is 2.78. The van der Waals surface area contributed by atoms with E-state index in [1.165, 1.54) is 18.6 Å². The summed E-state index contributed by atoms with van der Waals surface area (Å²) in [6.07, 6.45) is 6.96. The summed E-state index contributed by atoms with van der Waals surface area (Å²) < 4.78 is 16.7. The van der Waals surface area contributed by atoms with Gasteiger partial charge in [0, 0.05) is 19.6 Å². The number of halogens is 1. The third-order valence-electron chi connectivity index (χ3n) is 5.46. The van der Waals surface area contributed by atoms with E-state index in [0.717, 1.165) is 37.3 Å². The van der Waals surface area contributed by atoms with Crippen LogP contribution in [-0.4, -0.2) is 65.9 Å². The number of aliphatic hydroxyl groups is 1. The average Bonchev–Trinajstić information content (AvgIpc) is 3.46. The van der Waals surface area contributed by atoms with Gasteiger partial charge in [-0.3, -0.25) is 0 Å². The Hall–Kier alpha value is -3.60. The maximum atomic E-state index is 13.2. The minimum atomic E-state index is -0.297. The zero-order valence-electron chi connectivity index (χ0n) is 17.5. The van der Waals surface area contributed by atoms with Crippen LogP contribution in [0, 0.1) is 5.82 Å². The van der Waals surface area contributed by atoms with Crippen LogP contribution < -0.4 is 10.2 Å². The quantitative estimate of drug-likeness (QED) is 0.452. The smallest absolute Gasteiger partial charge is 0.229 e. The van der Waals surface area contributed by atoms with Gasteiger partial charge in [-0.1, -0.05) is 5.21 Å². The lowest BCUT2D eigenvalue weighted by molar-refractivity contribution is 0.311. The van der Waals surface area contributed by atoms with Crippen LogP contribution in [0.25, 0.3) is 16.9 Å². The molecule has 32 heavy (non-hydrogen) atoms. The van der Waals surface area contributed by atoms with Crippen molar-refractivity contribution < 1.29 is 9.50 Å². The average molecular weight is 437 g/mol. The third kappa shape index (κ3) is 4.11. The lowest BCUT2D eigenvalue weighted by atomic mass is 10.1. The van der Waals surface area contributed by atoms with Crippen LogP contribution >= 0.6 is 0 Å². The summed E-state index contributed by atoms with van der Waals surface area (Å²) in [4.78, 5) is 16.2. The molecule has 166 valence electrons. The van der Waals surface area contributed by atoms with Crippen molar-refractivity contribution in [3.05, 3.63) is 48.3 Å². The Balaban J connectivity index is 1.46. The number of fused-ring (bicyclic) bond motifs is 1. The molecule has 1 fully saturated rings. The number of nitrogens with one attached hydrogen (secondary N) is 1. The summed E-state index contributed by atoms with van der Waals surface area (Å²) in [6, 6.07) is 6.08. The summed E-state index contributed by atoms with van der Waals surface area (Å²) in [5, 5.41) is 20.8. The van der Waals surface area contributed by atoms with E-state index in [1.54, 1.807) is 29.3 Å². The number of nitrogens with zero attached hydrogens (tertiary/aromatic N) is 8. The molecule has 10 nitrogen and oxygen atoms in total. The van der Waals surface area contributed by atoms with Gasteiger partial charge in [-0.05, 0) is 43.5 Å². The SMILES string of the molecule is OCCNc1nc(N2CCCCC2)nc2c1ncn2Cc1cn(-c2ccc(F)cc2)nn1. The molecule has 4 heterocycles. The molecule has 0 unspecified atom stereocenters. The molecule has 1 aliphatic rings. The van der Waals surface area contributed by atoms with Crippen molar-refractivity contribution in [1.29, 1.82) is 0 Å². The molecule has 1 aliphatic heterocycles. The Bertz CT molecular complexity index is 1200. The van der Waals surface area contributed by atoms with Crippen molar-refractivity contribution in [1.82, 2.24) is 34.5 Å². The fraction of sp³-hybridized carbons (Fsp3) is 0.381. The van der Waals surface area contributed by atoms with Gasteiger partial charge in [0.05, 0.1) is 31.4 Å². The molecule has 0 spiro atoms. The van der Waals surface area contributed by atoms with E-state index in [9.17, 15) is 9.50 Å². The molecule has 2 N–H and O–H groups in total. The molecular weight excluding hydrogens is 413 g/mol. The minimum absolute atomic E-state index is 0.00224. The summed E-state index contributed by atoms with van der Waals surface area (Å²) in [5.74, 6) is 0.974. The predicted octanol–water partition coefficient (Wildman–Crippen LogP) is 1.99. The van der Waals surface area contributed by atoms with E-state index >= 15 is 0 Å². The van der Waals surface area contributed by atoms with Crippen molar-refractivity contribution in [2.75, 3.05) is 36.5 Å². The lowest BCUT2D eigenvalue weighted by Gasteiger charge is -2.27. The maximum Gasteiger partial charge on any atom is 0.229 e. The number of benzene rings is 1. The molecule has 0 atom stereocenters. The second kappa shape index (κ2) is 8.87. The normalized spacial score (nSPS) is 14.2. The molecule has 11 heteroatoms. The van der Waals surface area contributed by atoms with Gasteiger partial charge in [-0.15, -0.1) is 5.10 Å². The number of anilines is 2. The number of hydrogen-bond acceptors (Lipinski definition) is 8. The molecule has 3 aromatic heterocycles. The molecule has 5 rings (SSSR count). The van der Waals surface area contributed by atoms with Crippen LogP contribution in [-0.2, 0) is 6.54 Å². The van der Waals surface area contributed by atoms with E-state index in [-0.39, 0.29) is 12.4 Å². The van der Waals surface area contributed by atoms with Crippen LogP contribution in [0.4, 0.5) is 16.2 Å². The number of aliphatic hydroxyl groups excluding tert-OH is 1. The molecule has 4 aromatic rings. The van der Waals surface area contributed by atoms with Crippen molar-refractivity contribution in [2.24, 2.45) is 0 Å². The Kier molecular flexibility index (Phi) is 5.63. The molecule has 1 saturated heterocycles. The summed E-state index contributed by atoms with van der Waals surface area (Å²) in [7, 11) is 0. The highest BCUT2D eigenvalue weighted by molar-refractivity contribution is 5.84. The highest BCUT2D eigenvalue weighted by Gasteiger charge is 2.19. The van der Waals surface area contributed by atoms with E-state index in [2.05, 4.69) is 30.5 Å². The van der Waals surface area contributed by atoms with E-state index in [1.807, 2.05) is 4.57 Å². The molecule has 0 saturated carbocycles. The zero-order chi connectivity index (χ0) is 21.9. The minimum Gasteiger partial charge on any atom is -0.395 e. The van der Waals surface area contributed by atoms with Crippen LogP contribution in [0.3, 0.4) is 0 Å². The first-order valence-electron chi connectivity index (χ1n) is 10.7. The van der Waals surface area contributed by atoms with Gasteiger partial charge in [0.15, 0.2) is 17.0 Å². The zero-order valence-corrected chi connectivity index (χ0v) is 17.5. The van der Waals surface area contributed by atoms with Gasteiger partial charge in [0.25, 0.3) is 0 Å². The van der Waals surface area contributed by atoms with Gasteiger partial charge < -0.3 is 19.9 Å². The van der Waals surface area contributed by atoms with Gasteiger partial charge in [-0.2, -0.15) is 9.97 Å². The molecule has 0 aliphatic carbocycles. The lowest BCUT2D eigenvalue weighted by Crippen LogP contribution is -2.31. The van der Waals surface area contributed by atoms with Crippen molar-refractivity contribution in [2.45, 2.75) is 25.8 Å². The summed E-state index contributed by atoms with van der Waals surface area (Å²) in [6.45, 7) is 2.64. The number of aromatic nitrogens is 7. The maximum absolute atomic E-state index is 13.2. The van der Waals surface area contributed by atoms with E-state index in [0.29, 0.717) is 36.0 Å². The Morgan fingerprint density at radius 3 is 2.66 bits per heavy atom. The number of hydrogen-bond donors (Lipinski definition) is 2. The monoisotopic (exact) mass is 437 g/mol. The summed E-state index contributed by atoms with van der Waals surface area (Å²) >= 11 is 0. The fourth-order valence-electron chi connectivity index (χ4n) is 3.85. The Morgan fingerprint density at radius 1 is 1.06 bits per heavy atom. The van der Waals surface area contributed by atoms with Gasteiger partial charge in [-0.25, -0.2) is 14.1 Å². The molecular formula is C21H24FN9O. The second-order valence-electron chi connectivity index (χ2n) is 7.75. The first kappa shape index (κ1) is 20.3. The van der Waals surface area contributed by atoms with Crippen LogP contribution in [0.1, 0.15) is 25.0 Å². The Morgan fingerprint density at radius 2 is 1.88 bits per heavy atom. The van der Waals surface area contributed by atoms with Crippen molar-refractivity contribution in [3.63, 3.8) is 0 Å². The molecule has 0 bridgehead atoms. The van der Waals surface area contributed by atoms with Gasteiger partial charge >= 0.3 is 0 Å². The van der Waals surface area contributed by atoms with Gasteiger partial charge in [0.1, 0.15) is 11.5 Å². The van der Waals surface area contributed by atoms with Crippen LogP contribution in [0.5, 0.6) is 0 Å². The van der Waals surface area contributed by atoms with Crippen LogP contribution in [0.2, 0.25) is 0 Å². The molecule has 1 aromatic carbocycles. The highest BCUT2D eigenvalue weighted by atomic mass is 19.1. The number of piperidine rings is 1. The van der Waals surface area contributed by atoms with E-state index < -0.39 is 0 Å². The van der Waals surface area contributed by atoms with E-state index in [4.69, 9.17) is 4.98 Å². The Labute approximate surface area is 183 Å². The second-order valence-corrected chi connectivity index (χ2v) is 7.75. The third-order valence-corrected chi connectivity index (χ3v) is 5.46. The first-order chi connectivity index (χ1) is 15.7. The van der Waals surface area contributed by atoms with Crippen LogP contribution in [0.15, 0.2) is 36.8 Å². The standard InChI is InChI=1S/C21H24FN9O/c22-15-4-6-17(7-5-15)31-13-16(27-28-31)12-30-14-24-18-19(23-8-11-32)25-21(26-20(18)30)29-9-2-1-3-10-29/h4-7,13-14,32H,1-3,8-12H2,(H,23,25,26). The topological polar surface area (TPSA) is 110 Å². The molecule has 0 amide bonds. The number of imidazole rings is 1. The fourth-order valence-corrected chi connectivity index (χ4v) is 3.85. The first-order valence-corrected chi connectivity index (χ1v) is 10.7. The highest BCUT2D eigenvalue weighted by Crippen LogP contribution is 2.25. The van der Waals surface area contributed by atoms with Crippen molar-refractivity contribution >= 4 is 22.9 Å². The van der Waals surface area contributed by atoms with Gasteiger partial charge in [0.2, 0.25) is 5.95 Å².